The summed E-state index contributed by atoms with van der Waals surface area (Å²) in [6, 6.07) is 3.97. The van der Waals surface area contributed by atoms with Gasteiger partial charge in [-0.05, 0) is 74.0 Å². The molecule has 1 aromatic carbocycles. The number of phenolic OH excluding ortho intramolecular Hbond substituents is 2. The number of phenols is 2. The molecule has 0 aliphatic carbocycles. The average Bonchev–Trinajstić information content (AvgIpc) is 2.73. The molecule has 1 aromatic rings. The van der Waals surface area contributed by atoms with Gasteiger partial charge in [-0.15, -0.1) is 0 Å². The molecule has 0 aliphatic rings. The van der Waals surface area contributed by atoms with Crippen LogP contribution in [0.3, 0.4) is 0 Å². The molecule has 5 N–H and O–H groups in total. The second kappa shape index (κ2) is 14.7. The average molecular weight is 481 g/mol. The fourth-order valence-electron chi connectivity index (χ4n) is 5.11. The number of Topliss-reactive ketones (excluding diaryl/α,β-unsaturated/α-hetero) is 1. The van der Waals surface area contributed by atoms with Crippen molar-refractivity contribution in [3.8, 4) is 11.5 Å². The van der Waals surface area contributed by atoms with E-state index in [1.807, 2.05) is 27.7 Å². The lowest BCUT2D eigenvalue weighted by atomic mass is 9.81. The SMILES string of the molecule is CCC(=O)[C@@H](C)C[C@@H](C)C[C@@H](C)CC[C@H](O)C[C@H](O)[C@@H](CC(C)C)[C@H](O)c1cc(O)cc(O)c1. The topological polar surface area (TPSA) is 118 Å². The largest absolute Gasteiger partial charge is 0.508 e. The standard InChI is InChI=1S/C28H48O6/c1-7-26(32)20(6)12-19(5)11-18(4)8-9-22(29)16-27(33)25(10-17(2)3)28(34)21-13-23(30)15-24(31)14-21/h13-15,17-20,22,25,27-31,33-34H,7-12,16H2,1-6H3/t18-,19-,20-,22-,25+,27-,28+/m0/s1. The first-order valence-corrected chi connectivity index (χ1v) is 12.9. The Labute approximate surface area is 206 Å². The van der Waals surface area contributed by atoms with Gasteiger partial charge in [0, 0.05) is 24.3 Å². The van der Waals surface area contributed by atoms with Crippen LogP contribution in [0.15, 0.2) is 18.2 Å². The minimum absolute atomic E-state index is 0.0886. The summed E-state index contributed by atoms with van der Waals surface area (Å²) in [6.07, 6.45) is 1.85. The molecule has 34 heavy (non-hydrogen) atoms. The molecular formula is C28H48O6. The summed E-state index contributed by atoms with van der Waals surface area (Å²) in [7, 11) is 0. The van der Waals surface area contributed by atoms with Crippen LogP contribution in [0.1, 0.15) is 98.2 Å². The zero-order chi connectivity index (χ0) is 26.0. The summed E-state index contributed by atoms with van der Waals surface area (Å²) in [4.78, 5) is 11.8. The Morgan fingerprint density at radius 3 is 1.91 bits per heavy atom. The van der Waals surface area contributed by atoms with Gasteiger partial charge in [-0.1, -0.05) is 41.5 Å². The molecule has 0 heterocycles. The molecule has 0 saturated heterocycles. The number of rotatable bonds is 16. The van der Waals surface area contributed by atoms with Crippen LogP contribution in [0.25, 0.3) is 0 Å². The Kier molecular flexibility index (Phi) is 13.1. The predicted molar refractivity (Wildman–Crippen MR) is 136 cm³/mol. The highest BCUT2D eigenvalue weighted by molar-refractivity contribution is 5.80. The Morgan fingerprint density at radius 2 is 1.38 bits per heavy atom. The van der Waals surface area contributed by atoms with E-state index in [1.165, 1.54) is 18.2 Å². The molecule has 0 aromatic heterocycles. The number of benzene rings is 1. The van der Waals surface area contributed by atoms with Crippen LogP contribution >= 0.6 is 0 Å². The Hall–Kier alpha value is -1.63. The van der Waals surface area contributed by atoms with Crippen LogP contribution in [0.2, 0.25) is 0 Å². The quantitative estimate of drug-likeness (QED) is 0.218. The van der Waals surface area contributed by atoms with Crippen molar-refractivity contribution in [2.45, 2.75) is 105 Å². The van der Waals surface area contributed by atoms with Crippen molar-refractivity contribution in [1.29, 1.82) is 0 Å². The molecule has 1 rings (SSSR count). The highest BCUT2D eigenvalue weighted by atomic mass is 16.3. The van der Waals surface area contributed by atoms with Gasteiger partial charge < -0.3 is 25.5 Å². The van der Waals surface area contributed by atoms with Gasteiger partial charge in [-0.2, -0.15) is 0 Å². The molecule has 0 spiro atoms. The summed E-state index contributed by atoms with van der Waals surface area (Å²) in [5.74, 6) is 0.609. The number of hydrogen-bond donors (Lipinski definition) is 5. The van der Waals surface area contributed by atoms with E-state index in [1.54, 1.807) is 0 Å². The van der Waals surface area contributed by atoms with Gasteiger partial charge >= 0.3 is 0 Å². The molecule has 6 heteroatoms. The zero-order valence-corrected chi connectivity index (χ0v) is 21.9. The first-order chi connectivity index (χ1) is 15.8. The zero-order valence-electron chi connectivity index (χ0n) is 21.9. The molecule has 0 aliphatic heterocycles. The van der Waals surface area contributed by atoms with Crippen LogP contribution < -0.4 is 0 Å². The van der Waals surface area contributed by atoms with E-state index in [2.05, 4.69) is 13.8 Å². The molecule has 0 radical (unpaired) electrons. The summed E-state index contributed by atoms with van der Waals surface area (Å²) in [5.41, 5.74) is 0.343. The lowest BCUT2D eigenvalue weighted by molar-refractivity contribution is -0.122. The van der Waals surface area contributed by atoms with Crippen LogP contribution in [-0.4, -0.2) is 43.5 Å². The fraction of sp³-hybridized carbons (Fsp3) is 0.750. The number of carbonyl (C=O) groups excluding carboxylic acids is 1. The minimum atomic E-state index is -1.07. The van der Waals surface area contributed by atoms with Gasteiger partial charge in [-0.3, -0.25) is 4.79 Å². The van der Waals surface area contributed by atoms with Crippen LogP contribution in [0.4, 0.5) is 0 Å². The van der Waals surface area contributed by atoms with E-state index >= 15 is 0 Å². The molecule has 0 bridgehead atoms. The molecule has 0 saturated carbocycles. The molecular weight excluding hydrogens is 432 g/mol. The first kappa shape index (κ1) is 30.4. The molecule has 0 unspecified atom stereocenters. The second-order valence-corrected chi connectivity index (χ2v) is 11.0. The number of aromatic hydroxyl groups is 2. The van der Waals surface area contributed by atoms with Gasteiger partial charge in [0.05, 0.1) is 18.3 Å². The Bertz CT molecular complexity index is 713. The Balaban J connectivity index is 2.64. The van der Waals surface area contributed by atoms with Crippen molar-refractivity contribution in [2.75, 3.05) is 0 Å². The van der Waals surface area contributed by atoms with Crippen LogP contribution in [-0.2, 0) is 4.79 Å². The van der Waals surface area contributed by atoms with E-state index in [-0.39, 0.29) is 29.8 Å². The maximum atomic E-state index is 11.8. The van der Waals surface area contributed by atoms with Crippen molar-refractivity contribution in [2.24, 2.45) is 29.6 Å². The van der Waals surface area contributed by atoms with E-state index in [0.717, 1.165) is 19.3 Å². The minimum Gasteiger partial charge on any atom is -0.508 e. The van der Waals surface area contributed by atoms with Gasteiger partial charge in [0.1, 0.15) is 17.3 Å². The van der Waals surface area contributed by atoms with E-state index in [4.69, 9.17) is 0 Å². The van der Waals surface area contributed by atoms with Crippen LogP contribution in [0.5, 0.6) is 11.5 Å². The maximum absolute atomic E-state index is 11.8. The third-order valence-corrected chi connectivity index (χ3v) is 6.87. The normalized spacial score (nSPS) is 18.2. The molecule has 0 fully saturated rings. The van der Waals surface area contributed by atoms with E-state index < -0.39 is 24.2 Å². The van der Waals surface area contributed by atoms with Crippen molar-refractivity contribution in [3.63, 3.8) is 0 Å². The maximum Gasteiger partial charge on any atom is 0.135 e. The van der Waals surface area contributed by atoms with Gasteiger partial charge in [0.25, 0.3) is 0 Å². The monoisotopic (exact) mass is 480 g/mol. The summed E-state index contributed by atoms with van der Waals surface area (Å²) in [5, 5.41) is 52.0. The molecule has 6 nitrogen and oxygen atoms in total. The summed E-state index contributed by atoms with van der Waals surface area (Å²) < 4.78 is 0. The number of carbonyl (C=O) groups is 1. The van der Waals surface area contributed by atoms with Crippen molar-refractivity contribution < 1.29 is 30.3 Å². The van der Waals surface area contributed by atoms with Crippen LogP contribution in [0, 0.1) is 29.6 Å². The predicted octanol–water partition coefficient (Wildman–Crippen LogP) is 5.35. The van der Waals surface area contributed by atoms with Crippen molar-refractivity contribution in [1.82, 2.24) is 0 Å². The van der Waals surface area contributed by atoms with Gasteiger partial charge in [0.15, 0.2) is 0 Å². The number of aliphatic hydroxyl groups excluding tert-OH is 3. The second-order valence-electron chi connectivity index (χ2n) is 11.0. The van der Waals surface area contributed by atoms with E-state index in [9.17, 15) is 30.3 Å². The van der Waals surface area contributed by atoms with Gasteiger partial charge in [0.2, 0.25) is 0 Å². The Morgan fingerprint density at radius 1 is 0.794 bits per heavy atom. The highest BCUT2D eigenvalue weighted by Crippen LogP contribution is 2.35. The third-order valence-electron chi connectivity index (χ3n) is 6.87. The lowest BCUT2D eigenvalue weighted by Crippen LogP contribution is -2.31. The summed E-state index contributed by atoms with van der Waals surface area (Å²) in [6.45, 7) is 12.2. The smallest absolute Gasteiger partial charge is 0.135 e. The van der Waals surface area contributed by atoms with Crippen molar-refractivity contribution in [3.05, 3.63) is 23.8 Å². The first-order valence-electron chi connectivity index (χ1n) is 12.9. The fourth-order valence-corrected chi connectivity index (χ4v) is 5.11. The highest BCUT2D eigenvalue weighted by Gasteiger charge is 2.31. The number of aliphatic hydroxyl groups is 3. The van der Waals surface area contributed by atoms with E-state index in [0.29, 0.717) is 42.4 Å². The van der Waals surface area contributed by atoms with Crippen molar-refractivity contribution >= 4 is 5.78 Å². The lowest BCUT2D eigenvalue weighted by Gasteiger charge is -2.31. The number of ketones is 1. The number of hydrogen-bond acceptors (Lipinski definition) is 6. The molecule has 0 amide bonds. The summed E-state index contributed by atoms with van der Waals surface area (Å²) >= 11 is 0. The third kappa shape index (κ3) is 10.7. The van der Waals surface area contributed by atoms with Gasteiger partial charge in [-0.25, -0.2) is 0 Å². The molecule has 7 atom stereocenters. The molecule has 196 valence electrons.